The minimum Gasteiger partial charge on any atom is -0.356 e. The van der Waals surface area contributed by atoms with Crippen molar-refractivity contribution in [3.8, 4) is 6.07 Å². The van der Waals surface area contributed by atoms with Crippen molar-refractivity contribution in [3.05, 3.63) is 0 Å². The largest absolute Gasteiger partial charge is 0.471 e. The van der Waals surface area contributed by atoms with Crippen LogP contribution in [0.1, 0.15) is 33.6 Å². The Morgan fingerprint density at radius 1 is 1.24 bits per heavy atom. The number of halogens is 3. The second-order valence-electron chi connectivity index (χ2n) is 7.75. The first-order valence-corrected chi connectivity index (χ1v) is 8.87. The van der Waals surface area contributed by atoms with E-state index in [-0.39, 0.29) is 12.3 Å². The fraction of sp³-hybridized carbons (Fsp3) is 0.706. The number of carbonyl (C=O) groups excluding carboxylic acids is 4. The van der Waals surface area contributed by atoms with E-state index in [2.05, 4.69) is 16.0 Å². The predicted molar refractivity (Wildman–Crippen MR) is 93.7 cm³/mol. The molecule has 29 heavy (non-hydrogen) atoms. The van der Waals surface area contributed by atoms with Crippen LogP contribution in [0.25, 0.3) is 0 Å². The number of carbonyl (C=O) groups is 4. The van der Waals surface area contributed by atoms with Crippen LogP contribution in [0, 0.1) is 22.7 Å². The van der Waals surface area contributed by atoms with Crippen molar-refractivity contribution in [1.29, 1.82) is 5.26 Å². The topological polar surface area (TPSA) is 140 Å². The number of nitriles is 1. The maximum atomic E-state index is 12.5. The Labute approximate surface area is 165 Å². The molecule has 0 aromatic heterocycles. The summed E-state index contributed by atoms with van der Waals surface area (Å²) >= 11 is 0. The van der Waals surface area contributed by atoms with Gasteiger partial charge >= 0.3 is 12.1 Å². The molecule has 1 rings (SSSR count). The molecule has 1 aliphatic rings. The fourth-order valence-electron chi connectivity index (χ4n) is 2.70. The van der Waals surface area contributed by atoms with E-state index in [9.17, 15) is 32.3 Å². The van der Waals surface area contributed by atoms with Gasteiger partial charge in [-0.2, -0.15) is 18.4 Å². The summed E-state index contributed by atoms with van der Waals surface area (Å²) in [6.07, 6.45) is -4.52. The maximum Gasteiger partial charge on any atom is 0.471 e. The average Bonchev–Trinajstić information content (AvgIpc) is 2.99. The number of amides is 4. The Hall–Kier alpha value is -2.84. The second-order valence-corrected chi connectivity index (χ2v) is 7.75. The molecule has 0 aromatic carbocycles. The average molecular weight is 419 g/mol. The van der Waals surface area contributed by atoms with E-state index >= 15 is 0 Å². The number of rotatable bonds is 7. The minimum atomic E-state index is -5.16. The van der Waals surface area contributed by atoms with Gasteiger partial charge in [0.25, 0.3) is 0 Å². The van der Waals surface area contributed by atoms with Crippen molar-refractivity contribution >= 4 is 23.6 Å². The quantitative estimate of drug-likeness (QED) is 0.450. The van der Waals surface area contributed by atoms with Gasteiger partial charge in [0.15, 0.2) is 0 Å². The van der Waals surface area contributed by atoms with Crippen molar-refractivity contribution in [3.63, 3.8) is 0 Å². The zero-order chi connectivity index (χ0) is 22.4. The lowest BCUT2D eigenvalue weighted by Gasteiger charge is -2.30. The van der Waals surface area contributed by atoms with Crippen LogP contribution in [0.2, 0.25) is 0 Å². The van der Waals surface area contributed by atoms with Crippen molar-refractivity contribution in [2.45, 2.75) is 51.9 Å². The van der Waals surface area contributed by atoms with Crippen LogP contribution >= 0.6 is 0 Å². The molecule has 3 atom stereocenters. The van der Waals surface area contributed by atoms with Gasteiger partial charge in [0.1, 0.15) is 12.1 Å². The first-order chi connectivity index (χ1) is 13.3. The SMILES string of the molecule is CC(C)(C)C(NC(=O)C(F)(F)F)C(=O)NCC(=O)NC(C#N)CC1CCNC1=O. The Kier molecular flexibility index (Phi) is 7.99. The van der Waals surface area contributed by atoms with Crippen LogP contribution in [0.15, 0.2) is 0 Å². The summed E-state index contributed by atoms with van der Waals surface area (Å²) < 4.78 is 37.5. The van der Waals surface area contributed by atoms with Crippen LogP contribution in [0.3, 0.4) is 0 Å². The molecule has 0 spiro atoms. The highest BCUT2D eigenvalue weighted by Crippen LogP contribution is 2.22. The summed E-state index contributed by atoms with van der Waals surface area (Å²) in [5, 5.41) is 17.9. The van der Waals surface area contributed by atoms with Crippen LogP contribution in [0.5, 0.6) is 0 Å². The molecule has 9 nitrogen and oxygen atoms in total. The summed E-state index contributed by atoms with van der Waals surface area (Å²) in [6, 6.07) is -0.654. The summed E-state index contributed by atoms with van der Waals surface area (Å²) in [5.74, 6) is -4.61. The molecular weight excluding hydrogens is 395 g/mol. The summed E-state index contributed by atoms with van der Waals surface area (Å²) in [6.45, 7) is 4.23. The van der Waals surface area contributed by atoms with E-state index in [1.54, 1.807) is 5.32 Å². The highest BCUT2D eigenvalue weighted by atomic mass is 19.4. The highest BCUT2D eigenvalue weighted by molar-refractivity contribution is 5.92. The predicted octanol–water partition coefficient (Wildman–Crippen LogP) is -0.270. The Morgan fingerprint density at radius 3 is 2.31 bits per heavy atom. The lowest BCUT2D eigenvalue weighted by Crippen LogP contribution is -2.57. The van der Waals surface area contributed by atoms with Crippen LogP contribution in [-0.2, 0) is 19.2 Å². The Morgan fingerprint density at radius 2 is 1.86 bits per heavy atom. The van der Waals surface area contributed by atoms with Crippen LogP contribution in [-0.4, -0.2) is 55.0 Å². The summed E-state index contributed by atoms with van der Waals surface area (Å²) in [5.41, 5.74) is -1.06. The lowest BCUT2D eigenvalue weighted by atomic mass is 9.86. The van der Waals surface area contributed by atoms with Crippen LogP contribution in [0.4, 0.5) is 13.2 Å². The molecule has 3 unspecified atom stereocenters. The van der Waals surface area contributed by atoms with Gasteiger partial charge < -0.3 is 21.3 Å². The zero-order valence-corrected chi connectivity index (χ0v) is 16.3. The zero-order valence-electron chi connectivity index (χ0n) is 16.3. The molecule has 4 N–H and O–H groups in total. The van der Waals surface area contributed by atoms with E-state index in [1.807, 2.05) is 6.07 Å². The Bertz CT molecular complexity index is 697. The van der Waals surface area contributed by atoms with Gasteiger partial charge in [-0.05, 0) is 18.3 Å². The minimum absolute atomic E-state index is 0.105. The van der Waals surface area contributed by atoms with E-state index < -0.39 is 53.9 Å². The summed E-state index contributed by atoms with van der Waals surface area (Å²) in [7, 11) is 0. The molecule has 162 valence electrons. The Balaban J connectivity index is 2.62. The van der Waals surface area contributed by atoms with Crippen molar-refractivity contribution in [2.24, 2.45) is 11.3 Å². The molecule has 1 saturated heterocycles. The summed E-state index contributed by atoms with van der Waals surface area (Å²) in [4.78, 5) is 46.9. The molecule has 4 amide bonds. The third-order valence-corrected chi connectivity index (χ3v) is 4.26. The maximum absolute atomic E-state index is 12.5. The fourth-order valence-corrected chi connectivity index (χ4v) is 2.70. The third kappa shape index (κ3) is 7.59. The normalized spacial score (nSPS) is 18.8. The standard InChI is InChI=1S/C17H24F3N5O4/c1-16(2,3)12(25-15(29)17(18,19)20)14(28)23-8-11(26)24-10(7-21)6-9-4-5-22-13(9)27/h9-10,12H,4-6,8H2,1-3H3,(H,22,27)(H,23,28)(H,24,26)(H,25,29). The lowest BCUT2D eigenvalue weighted by molar-refractivity contribution is -0.175. The number of alkyl halides is 3. The first-order valence-electron chi connectivity index (χ1n) is 8.87. The number of hydrogen-bond donors (Lipinski definition) is 4. The third-order valence-electron chi connectivity index (χ3n) is 4.26. The van der Waals surface area contributed by atoms with Crippen molar-refractivity contribution in [1.82, 2.24) is 21.3 Å². The van der Waals surface area contributed by atoms with E-state index in [0.29, 0.717) is 13.0 Å². The van der Waals surface area contributed by atoms with Gasteiger partial charge in [0.05, 0.1) is 12.6 Å². The molecule has 12 heteroatoms. The van der Waals surface area contributed by atoms with Gasteiger partial charge in [0.2, 0.25) is 17.7 Å². The monoisotopic (exact) mass is 419 g/mol. The van der Waals surface area contributed by atoms with Gasteiger partial charge in [-0.1, -0.05) is 20.8 Å². The number of nitrogens with one attached hydrogen (secondary N) is 4. The van der Waals surface area contributed by atoms with Gasteiger partial charge in [-0.3, -0.25) is 19.2 Å². The van der Waals surface area contributed by atoms with E-state index in [1.165, 1.54) is 20.8 Å². The molecule has 0 aliphatic carbocycles. The van der Waals surface area contributed by atoms with Gasteiger partial charge in [-0.15, -0.1) is 0 Å². The molecule has 1 aliphatic heterocycles. The van der Waals surface area contributed by atoms with Crippen molar-refractivity contribution in [2.75, 3.05) is 13.1 Å². The number of hydrogen-bond acceptors (Lipinski definition) is 5. The molecular formula is C17H24F3N5O4. The molecule has 0 saturated carbocycles. The molecule has 1 fully saturated rings. The molecule has 0 radical (unpaired) electrons. The molecule has 0 aromatic rings. The molecule has 1 heterocycles. The second kappa shape index (κ2) is 9.58. The first kappa shape index (κ1) is 24.2. The van der Waals surface area contributed by atoms with E-state index in [4.69, 9.17) is 5.26 Å². The molecule has 0 bridgehead atoms. The van der Waals surface area contributed by atoms with E-state index in [0.717, 1.165) is 0 Å². The van der Waals surface area contributed by atoms with Crippen molar-refractivity contribution < 1.29 is 32.3 Å². The van der Waals surface area contributed by atoms with Gasteiger partial charge in [0, 0.05) is 12.5 Å². The van der Waals surface area contributed by atoms with Gasteiger partial charge in [-0.25, -0.2) is 0 Å². The van der Waals surface area contributed by atoms with Crippen LogP contribution < -0.4 is 21.3 Å². The smallest absolute Gasteiger partial charge is 0.356 e. The highest BCUT2D eigenvalue weighted by Gasteiger charge is 2.43. The number of nitrogens with zero attached hydrogens (tertiary/aromatic N) is 1.